The van der Waals surface area contributed by atoms with Gasteiger partial charge in [-0.05, 0) is 26.7 Å². The Morgan fingerprint density at radius 3 is 3.00 bits per heavy atom. The molecular formula is C12H20N2O2S. The fourth-order valence-corrected chi connectivity index (χ4v) is 4.35. The van der Waals surface area contributed by atoms with Crippen LogP contribution in [0.5, 0.6) is 0 Å². The quantitative estimate of drug-likeness (QED) is 0.581. The Kier molecular flexibility index (Phi) is 3.66. The van der Waals surface area contributed by atoms with Gasteiger partial charge in [0.2, 0.25) is 0 Å². The molecule has 17 heavy (non-hydrogen) atoms. The third-order valence-corrected chi connectivity index (χ3v) is 5.31. The molecule has 2 amide bonds. The molecule has 0 bridgehead atoms. The molecule has 5 heteroatoms. The van der Waals surface area contributed by atoms with Crippen LogP contribution in [0.4, 0.5) is 4.79 Å². The summed E-state index contributed by atoms with van der Waals surface area (Å²) in [4.78, 5) is 22.2. The highest BCUT2D eigenvalue weighted by atomic mass is 32.2. The van der Waals surface area contributed by atoms with Gasteiger partial charge in [0, 0.05) is 17.4 Å². The van der Waals surface area contributed by atoms with Gasteiger partial charge in [0.25, 0.3) is 0 Å². The Morgan fingerprint density at radius 2 is 2.29 bits per heavy atom. The van der Waals surface area contributed by atoms with E-state index in [9.17, 15) is 9.59 Å². The molecule has 2 saturated heterocycles. The molecule has 2 fully saturated rings. The first-order valence-corrected chi connectivity index (χ1v) is 7.26. The zero-order chi connectivity index (χ0) is 12.5. The maximum Gasteiger partial charge on any atom is 0.315 e. The molecule has 0 aromatic rings. The predicted octanol–water partition coefficient (Wildman–Crippen LogP) is 1.69. The van der Waals surface area contributed by atoms with Gasteiger partial charge in [0.1, 0.15) is 5.78 Å². The second-order valence-electron chi connectivity index (χ2n) is 5.29. The number of thioether (sulfide) groups is 1. The van der Waals surface area contributed by atoms with E-state index in [0.29, 0.717) is 11.7 Å². The summed E-state index contributed by atoms with van der Waals surface area (Å²) in [7, 11) is 0. The van der Waals surface area contributed by atoms with Crippen molar-refractivity contribution in [1.82, 2.24) is 10.6 Å². The van der Waals surface area contributed by atoms with Crippen LogP contribution in [0.25, 0.3) is 0 Å². The molecular weight excluding hydrogens is 236 g/mol. The number of nitrogens with one attached hydrogen (secondary N) is 2. The number of ketones is 1. The molecule has 96 valence electrons. The van der Waals surface area contributed by atoms with Gasteiger partial charge in [-0.25, -0.2) is 4.79 Å². The standard InChI is InChI=1S/C12H20N2O2S/c1-8(15)5-3-4-6-9-10-12(2,7-17-9)14-11(16)13-10/h9-10H,3-7H2,1-2H3,(H2,13,14,16). The zero-order valence-corrected chi connectivity index (χ0v) is 11.2. The summed E-state index contributed by atoms with van der Waals surface area (Å²) >= 11 is 1.93. The molecule has 3 unspecified atom stereocenters. The van der Waals surface area contributed by atoms with Crippen molar-refractivity contribution >= 4 is 23.6 Å². The summed E-state index contributed by atoms with van der Waals surface area (Å²) < 4.78 is 0. The number of fused-ring (bicyclic) bond motifs is 1. The molecule has 3 atom stereocenters. The number of rotatable bonds is 5. The van der Waals surface area contributed by atoms with E-state index < -0.39 is 0 Å². The largest absolute Gasteiger partial charge is 0.332 e. The van der Waals surface area contributed by atoms with Crippen molar-refractivity contribution in [1.29, 1.82) is 0 Å². The highest BCUT2D eigenvalue weighted by molar-refractivity contribution is 8.00. The van der Waals surface area contributed by atoms with Gasteiger partial charge in [-0.2, -0.15) is 11.8 Å². The van der Waals surface area contributed by atoms with E-state index in [-0.39, 0.29) is 23.4 Å². The molecule has 4 nitrogen and oxygen atoms in total. The summed E-state index contributed by atoms with van der Waals surface area (Å²) in [6, 6.07) is 0.212. The van der Waals surface area contributed by atoms with Crippen LogP contribution in [0.2, 0.25) is 0 Å². The smallest absolute Gasteiger partial charge is 0.315 e. The molecule has 2 N–H and O–H groups in total. The van der Waals surface area contributed by atoms with E-state index in [2.05, 4.69) is 17.6 Å². The first kappa shape index (κ1) is 12.7. The molecule has 2 rings (SSSR count). The van der Waals surface area contributed by atoms with Gasteiger partial charge in [0.05, 0.1) is 11.6 Å². The van der Waals surface area contributed by atoms with Crippen molar-refractivity contribution in [3.8, 4) is 0 Å². The monoisotopic (exact) mass is 256 g/mol. The number of carbonyl (C=O) groups excluding carboxylic acids is 2. The van der Waals surface area contributed by atoms with Gasteiger partial charge >= 0.3 is 6.03 Å². The highest BCUT2D eigenvalue weighted by Gasteiger charge is 2.51. The molecule has 2 heterocycles. The van der Waals surface area contributed by atoms with Crippen molar-refractivity contribution in [2.45, 2.75) is 56.4 Å². The van der Waals surface area contributed by atoms with Crippen LogP contribution < -0.4 is 10.6 Å². The summed E-state index contributed by atoms with van der Waals surface area (Å²) in [5, 5.41) is 6.52. The second kappa shape index (κ2) is 4.88. The summed E-state index contributed by atoms with van der Waals surface area (Å²) in [6.45, 7) is 3.75. The van der Waals surface area contributed by atoms with E-state index in [1.807, 2.05) is 11.8 Å². The normalized spacial score (nSPS) is 35.3. The van der Waals surface area contributed by atoms with E-state index in [4.69, 9.17) is 0 Å². The lowest BCUT2D eigenvalue weighted by molar-refractivity contribution is -0.117. The lowest BCUT2D eigenvalue weighted by atomic mass is 9.92. The second-order valence-corrected chi connectivity index (χ2v) is 6.52. The zero-order valence-electron chi connectivity index (χ0n) is 10.4. The highest BCUT2D eigenvalue weighted by Crippen LogP contribution is 2.39. The van der Waals surface area contributed by atoms with Crippen LogP contribution in [0.1, 0.15) is 39.5 Å². The van der Waals surface area contributed by atoms with Gasteiger partial charge in [-0.1, -0.05) is 6.42 Å². The molecule has 0 aliphatic carbocycles. The average Bonchev–Trinajstić information content (AvgIpc) is 2.66. The Hall–Kier alpha value is -0.710. The molecule has 0 aromatic heterocycles. The Morgan fingerprint density at radius 1 is 1.53 bits per heavy atom. The number of amides is 2. The van der Waals surface area contributed by atoms with Gasteiger partial charge in [-0.3, -0.25) is 0 Å². The first-order chi connectivity index (χ1) is 8.01. The van der Waals surface area contributed by atoms with Crippen molar-refractivity contribution in [2.75, 3.05) is 5.75 Å². The SMILES string of the molecule is CC(=O)CCCCC1SCC2(C)NC(=O)NC12. The summed E-state index contributed by atoms with van der Waals surface area (Å²) in [5.74, 6) is 1.25. The number of hydrogen-bond acceptors (Lipinski definition) is 3. The average molecular weight is 256 g/mol. The van der Waals surface area contributed by atoms with Gasteiger partial charge in [0.15, 0.2) is 0 Å². The minimum Gasteiger partial charge on any atom is -0.332 e. The number of unbranched alkanes of at least 4 members (excludes halogenated alkanes) is 1. The maximum absolute atomic E-state index is 11.4. The molecule has 2 aliphatic heterocycles. The van der Waals surface area contributed by atoms with Crippen LogP contribution in [-0.2, 0) is 4.79 Å². The summed E-state index contributed by atoms with van der Waals surface area (Å²) in [6.07, 6.45) is 3.81. The van der Waals surface area contributed by atoms with E-state index in [1.165, 1.54) is 0 Å². The third kappa shape index (κ3) is 2.76. The van der Waals surface area contributed by atoms with Crippen molar-refractivity contribution in [3.05, 3.63) is 0 Å². The van der Waals surface area contributed by atoms with E-state index in [0.717, 1.165) is 25.0 Å². The number of urea groups is 1. The van der Waals surface area contributed by atoms with E-state index in [1.54, 1.807) is 6.92 Å². The number of carbonyl (C=O) groups is 2. The third-order valence-electron chi connectivity index (χ3n) is 3.61. The van der Waals surface area contributed by atoms with Crippen molar-refractivity contribution < 1.29 is 9.59 Å². The van der Waals surface area contributed by atoms with Crippen LogP contribution >= 0.6 is 11.8 Å². The van der Waals surface area contributed by atoms with Crippen molar-refractivity contribution in [2.24, 2.45) is 0 Å². The van der Waals surface area contributed by atoms with Crippen LogP contribution in [-0.4, -0.2) is 34.4 Å². The Bertz CT molecular complexity index is 334. The number of hydrogen-bond donors (Lipinski definition) is 2. The molecule has 0 radical (unpaired) electrons. The topological polar surface area (TPSA) is 58.2 Å². The van der Waals surface area contributed by atoms with Crippen molar-refractivity contribution in [3.63, 3.8) is 0 Å². The van der Waals surface area contributed by atoms with Crippen LogP contribution in [0.15, 0.2) is 0 Å². The fraction of sp³-hybridized carbons (Fsp3) is 0.833. The Balaban J connectivity index is 1.79. The van der Waals surface area contributed by atoms with Gasteiger partial charge < -0.3 is 15.4 Å². The fourth-order valence-electron chi connectivity index (χ4n) is 2.65. The van der Waals surface area contributed by atoms with Crippen LogP contribution in [0, 0.1) is 0 Å². The minimum atomic E-state index is -0.0764. The molecule has 0 spiro atoms. The Labute approximate surface area is 106 Å². The maximum atomic E-state index is 11.4. The number of Topliss-reactive ketones (excluding diaryl/α,β-unsaturated/α-hetero) is 1. The molecule has 0 aromatic carbocycles. The lowest BCUT2D eigenvalue weighted by Crippen LogP contribution is -2.47. The first-order valence-electron chi connectivity index (χ1n) is 6.21. The summed E-state index contributed by atoms with van der Waals surface area (Å²) in [5.41, 5.74) is -0.0764. The van der Waals surface area contributed by atoms with Gasteiger partial charge in [-0.15, -0.1) is 0 Å². The molecule has 0 saturated carbocycles. The predicted molar refractivity (Wildman–Crippen MR) is 69.3 cm³/mol. The van der Waals surface area contributed by atoms with Crippen LogP contribution in [0.3, 0.4) is 0 Å². The minimum absolute atomic E-state index is 0.0356. The molecule has 2 aliphatic rings. The lowest BCUT2D eigenvalue weighted by Gasteiger charge is -2.23. The van der Waals surface area contributed by atoms with E-state index >= 15 is 0 Å².